The maximum absolute atomic E-state index is 12.8. The van der Waals surface area contributed by atoms with Crippen molar-refractivity contribution < 1.29 is 9.18 Å². The second-order valence-electron chi connectivity index (χ2n) is 4.70. The predicted molar refractivity (Wildman–Crippen MR) is 63.0 cm³/mol. The monoisotopic (exact) mass is 223 g/mol. The third-order valence-corrected chi connectivity index (χ3v) is 2.57. The summed E-state index contributed by atoms with van der Waals surface area (Å²) in [5.41, 5.74) is 0.952. The summed E-state index contributed by atoms with van der Waals surface area (Å²) in [6, 6.07) is 6.49. The van der Waals surface area contributed by atoms with Crippen LogP contribution in [0.2, 0.25) is 0 Å². The van der Waals surface area contributed by atoms with Gasteiger partial charge in [-0.1, -0.05) is 26.0 Å². The van der Waals surface area contributed by atoms with E-state index in [1.165, 1.54) is 12.1 Å². The number of carbonyl (C=O) groups excluding carboxylic acids is 1. The van der Waals surface area contributed by atoms with Gasteiger partial charge in [0.2, 0.25) is 0 Å². The Labute approximate surface area is 95.9 Å². The third kappa shape index (κ3) is 3.74. The lowest BCUT2D eigenvalue weighted by atomic mass is 9.84. The third-order valence-electron chi connectivity index (χ3n) is 2.57. The molecule has 1 N–H and O–H groups in total. The van der Waals surface area contributed by atoms with E-state index < -0.39 is 0 Å². The van der Waals surface area contributed by atoms with Crippen LogP contribution in [0.5, 0.6) is 0 Å². The van der Waals surface area contributed by atoms with Crippen LogP contribution >= 0.6 is 0 Å². The van der Waals surface area contributed by atoms with E-state index in [1.807, 2.05) is 0 Å². The Kier molecular flexibility index (Phi) is 4.19. The molecule has 2 nitrogen and oxygen atoms in total. The number of hydrogen-bond acceptors (Lipinski definition) is 2. The quantitative estimate of drug-likeness (QED) is 0.829. The van der Waals surface area contributed by atoms with E-state index in [2.05, 4.69) is 19.2 Å². The van der Waals surface area contributed by atoms with E-state index in [0.717, 1.165) is 5.56 Å². The molecule has 0 bridgehead atoms. The minimum absolute atomic E-state index is 0.108. The van der Waals surface area contributed by atoms with Crippen LogP contribution in [-0.4, -0.2) is 18.9 Å². The molecule has 0 amide bonds. The molecule has 0 saturated carbocycles. The van der Waals surface area contributed by atoms with Gasteiger partial charge in [-0.25, -0.2) is 4.39 Å². The molecule has 3 heteroatoms. The molecule has 0 saturated heterocycles. The smallest absolute Gasteiger partial charge is 0.143 e. The van der Waals surface area contributed by atoms with E-state index in [1.54, 1.807) is 19.1 Å². The van der Waals surface area contributed by atoms with Gasteiger partial charge in [0.25, 0.3) is 0 Å². The van der Waals surface area contributed by atoms with Gasteiger partial charge in [-0.3, -0.25) is 4.79 Å². The average molecular weight is 223 g/mol. The van der Waals surface area contributed by atoms with Gasteiger partial charge in [0.05, 0.1) is 6.54 Å². The average Bonchev–Trinajstić information content (AvgIpc) is 2.17. The molecule has 0 aliphatic rings. The summed E-state index contributed by atoms with van der Waals surface area (Å²) in [6.07, 6.45) is 0. The summed E-state index contributed by atoms with van der Waals surface area (Å²) >= 11 is 0. The van der Waals surface area contributed by atoms with Gasteiger partial charge < -0.3 is 5.32 Å². The van der Waals surface area contributed by atoms with Crippen LogP contribution in [0.4, 0.5) is 4.39 Å². The maximum atomic E-state index is 12.8. The number of benzene rings is 1. The highest BCUT2D eigenvalue weighted by Gasteiger charge is 2.19. The summed E-state index contributed by atoms with van der Waals surface area (Å²) < 4.78 is 12.8. The molecule has 0 heterocycles. The molecule has 0 aliphatic heterocycles. The molecular weight excluding hydrogens is 205 g/mol. The van der Waals surface area contributed by atoms with Crippen LogP contribution in [0.3, 0.4) is 0 Å². The Hall–Kier alpha value is -1.22. The summed E-state index contributed by atoms with van der Waals surface area (Å²) in [6.45, 7) is 6.75. The van der Waals surface area contributed by atoms with Crippen LogP contribution in [0.25, 0.3) is 0 Å². The second kappa shape index (κ2) is 5.21. The van der Waals surface area contributed by atoms with E-state index in [4.69, 9.17) is 0 Å². The van der Waals surface area contributed by atoms with Crippen LogP contribution in [-0.2, 0) is 10.2 Å². The van der Waals surface area contributed by atoms with E-state index in [9.17, 15) is 9.18 Å². The minimum Gasteiger partial charge on any atom is -0.309 e. The fourth-order valence-corrected chi connectivity index (χ4v) is 1.55. The molecule has 0 spiro atoms. The lowest BCUT2D eigenvalue weighted by molar-refractivity contribution is -0.116. The Morgan fingerprint density at radius 3 is 2.38 bits per heavy atom. The number of nitrogens with one attached hydrogen (secondary N) is 1. The van der Waals surface area contributed by atoms with Gasteiger partial charge in [-0.15, -0.1) is 0 Å². The van der Waals surface area contributed by atoms with E-state index >= 15 is 0 Å². The fourth-order valence-electron chi connectivity index (χ4n) is 1.55. The Bertz CT molecular complexity index is 357. The SMILES string of the molecule is CC(=O)CNCC(C)(C)c1ccc(F)cc1. The number of halogens is 1. The normalized spacial score (nSPS) is 11.5. The van der Waals surface area contributed by atoms with Crippen molar-refractivity contribution >= 4 is 5.78 Å². The first kappa shape index (κ1) is 12.8. The molecule has 0 aromatic heterocycles. The summed E-state index contributed by atoms with van der Waals surface area (Å²) in [7, 11) is 0. The number of hydrogen-bond donors (Lipinski definition) is 1. The van der Waals surface area contributed by atoms with Crippen molar-refractivity contribution in [3.63, 3.8) is 0 Å². The summed E-state index contributed by atoms with van der Waals surface area (Å²) in [4.78, 5) is 10.8. The molecule has 0 aliphatic carbocycles. The first-order chi connectivity index (χ1) is 7.42. The molecule has 0 unspecified atom stereocenters. The molecule has 1 aromatic carbocycles. The molecule has 1 rings (SSSR count). The van der Waals surface area contributed by atoms with Crippen LogP contribution in [0.15, 0.2) is 24.3 Å². The van der Waals surface area contributed by atoms with Gasteiger partial charge in [-0.05, 0) is 24.6 Å². The van der Waals surface area contributed by atoms with Crippen molar-refractivity contribution in [1.82, 2.24) is 5.32 Å². The molecule has 0 atom stereocenters. The second-order valence-corrected chi connectivity index (χ2v) is 4.70. The van der Waals surface area contributed by atoms with Crippen LogP contribution in [0, 0.1) is 5.82 Å². The number of ketones is 1. The van der Waals surface area contributed by atoms with Crippen molar-refractivity contribution in [2.45, 2.75) is 26.2 Å². The number of carbonyl (C=O) groups is 1. The van der Waals surface area contributed by atoms with Crippen LogP contribution < -0.4 is 5.32 Å². The topological polar surface area (TPSA) is 29.1 Å². The highest BCUT2D eigenvalue weighted by atomic mass is 19.1. The van der Waals surface area contributed by atoms with E-state index in [-0.39, 0.29) is 17.0 Å². The van der Waals surface area contributed by atoms with Crippen molar-refractivity contribution in [1.29, 1.82) is 0 Å². The zero-order chi connectivity index (χ0) is 12.2. The van der Waals surface area contributed by atoms with Gasteiger partial charge in [0, 0.05) is 12.0 Å². The van der Waals surface area contributed by atoms with Gasteiger partial charge in [0.15, 0.2) is 0 Å². The Balaban J connectivity index is 2.62. The van der Waals surface area contributed by atoms with Crippen molar-refractivity contribution in [3.8, 4) is 0 Å². The van der Waals surface area contributed by atoms with Crippen molar-refractivity contribution in [2.75, 3.05) is 13.1 Å². The number of rotatable bonds is 5. The number of Topliss-reactive ketones (excluding diaryl/α,β-unsaturated/α-hetero) is 1. The molecule has 88 valence electrons. The standard InChI is InChI=1S/C13H18FNO/c1-10(16)8-15-9-13(2,3)11-4-6-12(14)7-5-11/h4-7,15H,8-9H2,1-3H3. The molecule has 16 heavy (non-hydrogen) atoms. The largest absolute Gasteiger partial charge is 0.309 e. The Morgan fingerprint density at radius 2 is 1.88 bits per heavy atom. The summed E-state index contributed by atoms with van der Waals surface area (Å²) in [5.74, 6) is -0.105. The first-order valence-electron chi connectivity index (χ1n) is 5.38. The zero-order valence-corrected chi connectivity index (χ0v) is 10.0. The van der Waals surface area contributed by atoms with Gasteiger partial charge >= 0.3 is 0 Å². The summed E-state index contributed by atoms with van der Waals surface area (Å²) in [5, 5.41) is 3.09. The lowest BCUT2D eigenvalue weighted by Gasteiger charge is -2.25. The molecule has 1 aromatic rings. The van der Waals surface area contributed by atoms with Gasteiger partial charge in [0.1, 0.15) is 11.6 Å². The van der Waals surface area contributed by atoms with Crippen molar-refractivity contribution in [2.24, 2.45) is 0 Å². The fraction of sp³-hybridized carbons (Fsp3) is 0.462. The molecule has 0 radical (unpaired) electrons. The predicted octanol–water partition coefficient (Wildman–Crippen LogP) is 2.28. The minimum atomic E-state index is -0.226. The Morgan fingerprint density at radius 1 is 1.31 bits per heavy atom. The van der Waals surface area contributed by atoms with E-state index in [0.29, 0.717) is 13.1 Å². The van der Waals surface area contributed by atoms with Crippen molar-refractivity contribution in [3.05, 3.63) is 35.6 Å². The molecular formula is C13H18FNO. The highest BCUT2D eigenvalue weighted by molar-refractivity contribution is 5.77. The first-order valence-corrected chi connectivity index (χ1v) is 5.38. The molecule has 0 fully saturated rings. The zero-order valence-electron chi connectivity index (χ0n) is 10.0. The van der Waals surface area contributed by atoms with Crippen LogP contribution in [0.1, 0.15) is 26.3 Å². The highest BCUT2D eigenvalue weighted by Crippen LogP contribution is 2.22. The van der Waals surface area contributed by atoms with Gasteiger partial charge in [-0.2, -0.15) is 0 Å². The lowest BCUT2D eigenvalue weighted by Crippen LogP contribution is -2.35. The maximum Gasteiger partial charge on any atom is 0.143 e.